The number of hydrogen-bond acceptors (Lipinski definition) is 1. The summed E-state index contributed by atoms with van der Waals surface area (Å²) in [7, 11) is 0. The number of hydrogen-bond donors (Lipinski definition) is 0. The molecule has 3 heteroatoms. The van der Waals surface area contributed by atoms with Crippen LogP contribution in [-0.2, 0) is 0 Å². The smallest absolute Gasteiger partial charge is 0.231 e. The molecule has 0 N–H and O–H groups in total. The molecule has 3 aromatic carbocycles. The topological polar surface area (TPSA) is 26.1 Å². The monoisotopic (exact) mass is 403 g/mol. The second kappa shape index (κ2) is 8.97. The van der Waals surface area contributed by atoms with Gasteiger partial charge in [-0.3, -0.25) is 0 Å². The van der Waals surface area contributed by atoms with Gasteiger partial charge in [-0.25, -0.2) is 0 Å². The van der Waals surface area contributed by atoms with Gasteiger partial charge in [0, 0.05) is 18.2 Å². The predicted molar refractivity (Wildman–Crippen MR) is 113 cm³/mol. The van der Waals surface area contributed by atoms with Gasteiger partial charge in [0.1, 0.15) is 0 Å². The Hall–Kier alpha value is -2.91. The SMILES string of the molecule is [O-][N+](=C(/C=C/c1ccccc1)/C=C/c1ccccc1)c1ccccc1Br. The molecule has 3 aromatic rings. The molecular weight excluding hydrogens is 386 g/mol. The van der Waals surface area contributed by atoms with Gasteiger partial charge in [0.05, 0.1) is 4.47 Å². The Balaban J connectivity index is 2.01. The van der Waals surface area contributed by atoms with Crippen LogP contribution in [0.1, 0.15) is 11.1 Å². The van der Waals surface area contributed by atoms with Crippen LogP contribution >= 0.6 is 15.9 Å². The number of para-hydroxylation sites is 1. The fourth-order valence-corrected chi connectivity index (χ4v) is 2.88. The Bertz CT molecular complexity index is 893. The molecule has 0 radical (unpaired) electrons. The van der Waals surface area contributed by atoms with Gasteiger partial charge >= 0.3 is 0 Å². The Morgan fingerprint density at radius 2 is 1.15 bits per heavy atom. The fourth-order valence-electron chi connectivity index (χ4n) is 2.44. The van der Waals surface area contributed by atoms with Gasteiger partial charge < -0.3 is 5.21 Å². The van der Waals surface area contributed by atoms with E-state index >= 15 is 0 Å². The van der Waals surface area contributed by atoms with Crippen molar-refractivity contribution in [3.05, 3.63) is 118 Å². The van der Waals surface area contributed by atoms with Gasteiger partial charge in [-0.15, -0.1) is 0 Å². The van der Waals surface area contributed by atoms with Crippen molar-refractivity contribution in [3.8, 4) is 0 Å². The van der Waals surface area contributed by atoms with Crippen molar-refractivity contribution >= 4 is 39.5 Å². The number of halogens is 1. The number of rotatable bonds is 5. The van der Waals surface area contributed by atoms with Crippen molar-refractivity contribution in [2.45, 2.75) is 0 Å². The molecular formula is C23H18BrNO. The molecule has 3 rings (SSSR count). The van der Waals surface area contributed by atoms with E-state index in [2.05, 4.69) is 15.9 Å². The van der Waals surface area contributed by atoms with Crippen LogP contribution in [0.2, 0.25) is 0 Å². The molecule has 0 bridgehead atoms. The van der Waals surface area contributed by atoms with Crippen molar-refractivity contribution in [2.24, 2.45) is 0 Å². The maximum Gasteiger partial charge on any atom is 0.231 e. The molecule has 0 fully saturated rings. The Labute approximate surface area is 162 Å². The van der Waals surface area contributed by atoms with Gasteiger partial charge in [-0.2, -0.15) is 4.74 Å². The molecule has 0 saturated heterocycles. The molecule has 0 aliphatic heterocycles. The van der Waals surface area contributed by atoms with Crippen LogP contribution in [0.5, 0.6) is 0 Å². The largest absolute Gasteiger partial charge is 0.618 e. The Kier molecular flexibility index (Phi) is 6.18. The minimum Gasteiger partial charge on any atom is -0.618 e. The Morgan fingerprint density at radius 3 is 1.65 bits per heavy atom. The summed E-state index contributed by atoms with van der Waals surface area (Å²) in [6, 6.07) is 27.2. The zero-order valence-electron chi connectivity index (χ0n) is 14.1. The first-order valence-corrected chi connectivity index (χ1v) is 9.08. The zero-order valence-corrected chi connectivity index (χ0v) is 15.7. The van der Waals surface area contributed by atoms with Crippen molar-refractivity contribution in [1.29, 1.82) is 0 Å². The van der Waals surface area contributed by atoms with Crippen LogP contribution in [0.25, 0.3) is 12.2 Å². The molecule has 0 amide bonds. The molecule has 0 aromatic heterocycles. The van der Waals surface area contributed by atoms with E-state index in [1.807, 2.05) is 103 Å². The van der Waals surface area contributed by atoms with Crippen molar-refractivity contribution in [3.63, 3.8) is 0 Å². The van der Waals surface area contributed by atoms with Crippen LogP contribution in [-0.4, -0.2) is 10.5 Å². The quantitative estimate of drug-likeness (QED) is 0.207. The van der Waals surface area contributed by atoms with Crippen molar-refractivity contribution in [1.82, 2.24) is 0 Å². The summed E-state index contributed by atoms with van der Waals surface area (Å²) in [5.74, 6) is 0. The number of nitrogens with zero attached hydrogens (tertiary/aromatic N) is 1. The second-order valence-corrected chi connectivity index (χ2v) is 6.51. The molecule has 0 spiro atoms. The minimum atomic E-state index is 0.546. The molecule has 0 unspecified atom stereocenters. The van der Waals surface area contributed by atoms with E-state index in [9.17, 15) is 5.21 Å². The molecule has 0 atom stereocenters. The highest BCUT2D eigenvalue weighted by Crippen LogP contribution is 2.24. The first-order valence-electron chi connectivity index (χ1n) is 8.29. The second-order valence-electron chi connectivity index (χ2n) is 5.66. The van der Waals surface area contributed by atoms with Crippen LogP contribution < -0.4 is 0 Å². The highest BCUT2D eigenvalue weighted by molar-refractivity contribution is 9.10. The third kappa shape index (κ3) is 4.80. The lowest BCUT2D eigenvalue weighted by molar-refractivity contribution is -0.359. The normalized spacial score (nSPS) is 11.1. The van der Waals surface area contributed by atoms with E-state index in [4.69, 9.17) is 0 Å². The lowest BCUT2D eigenvalue weighted by Crippen LogP contribution is -2.07. The van der Waals surface area contributed by atoms with Crippen molar-refractivity contribution < 1.29 is 4.74 Å². The van der Waals surface area contributed by atoms with Crippen LogP contribution in [0.15, 0.2) is 102 Å². The third-order valence-corrected chi connectivity index (χ3v) is 4.47. The van der Waals surface area contributed by atoms with Crippen molar-refractivity contribution in [2.75, 3.05) is 0 Å². The molecule has 128 valence electrons. The highest BCUT2D eigenvalue weighted by Gasteiger charge is 2.10. The van der Waals surface area contributed by atoms with E-state index in [0.29, 0.717) is 11.4 Å². The standard InChI is InChI=1S/C23H18BrNO/c24-22-13-7-8-14-23(22)25(26)21(17-15-19-9-3-1-4-10-19)18-16-20-11-5-2-6-12-20/h1-18H/b17-15+,18-16+. The minimum absolute atomic E-state index is 0.546. The molecule has 26 heavy (non-hydrogen) atoms. The maximum atomic E-state index is 13.0. The van der Waals surface area contributed by atoms with Gasteiger partial charge in [-0.05, 0) is 45.3 Å². The summed E-state index contributed by atoms with van der Waals surface area (Å²) >= 11 is 3.45. The molecule has 2 nitrogen and oxygen atoms in total. The van der Waals surface area contributed by atoms with E-state index in [1.54, 1.807) is 6.07 Å². The van der Waals surface area contributed by atoms with Gasteiger partial charge in [-0.1, -0.05) is 72.8 Å². The summed E-state index contributed by atoms with van der Waals surface area (Å²) < 4.78 is 1.69. The lowest BCUT2D eigenvalue weighted by Gasteiger charge is -2.07. The lowest BCUT2D eigenvalue weighted by atomic mass is 10.1. The summed E-state index contributed by atoms with van der Waals surface area (Å²) in [5, 5.41) is 13.0. The van der Waals surface area contributed by atoms with E-state index < -0.39 is 0 Å². The average molecular weight is 404 g/mol. The zero-order chi connectivity index (χ0) is 18.2. The molecule has 0 aliphatic rings. The highest BCUT2D eigenvalue weighted by atomic mass is 79.9. The van der Waals surface area contributed by atoms with Crippen LogP contribution in [0, 0.1) is 5.21 Å². The summed E-state index contributed by atoms with van der Waals surface area (Å²) in [5.41, 5.74) is 3.19. The van der Waals surface area contributed by atoms with E-state index in [-0.39, 0.29) is 0 Å². The predicted octanol–water partition coefficient (Wildman–Crippen LogP) is 6.46. The summed E-state index contributed by atoms with van der Waals surface area (Å²) in [6.07, 6.45) is 7.54. The van der Waals surface area contributed by atoms with E-state index in [1.165, 1.54) is 0 Å². The summed E-state index contributed by atoms with van der Waals surface area (Å²) in [4.78, 5) is 0. The molecule has 0 heterocycles. The average Bonchev–Trinajstić information content (AvgIpc) is 2.69. The fraction of sp³-hybridized carbons (Fsp3) is 0. The number of benzene rings is 3. The first kappa shape index (κ1) is 17.9. The number of allylic oxidation sites excluding steroid dienone is 2. The van der Waals surface area contributed by atoms with Gasteiger partial charge in [0.2, 0.25) is 11.4 Å². The molecule has 0 aliphatic carbocycles. The third-order valence-electron chi connectivity index (χ3n) is 3.80. The maximum absolute atomic E-state index is 13.0. The van der Waals surface area contributed by atoms with Crippen LogP contribution in [0.3, 0.4) is 0 Å². The van der Waals surface area contributed by atoms with E-state index in [0.717, 1.165) is 20.3 Å². The summed E-state index contributed by atoms with van der Waals surface area (Å²) in [6.45, 7) is 0. The van der Waals surface area contributed by atoms with Crippen LogP contribution in [0.4, 0.5) is 5.69 Å². The Morgan fingerprint density at radius 1 is 0.692 bits per heavy atom. The first-order chi connectivity index (χ1) is 12.7. The van der Waals surface area contributed by atoms with Gasteiger partial charge in [0.25, 0.3) is 0 Å². The van der Waals surface area contributed by atoms with Gasteiger partial charge in [0.15, 0.2) is 0 Å². The molecule has 0 saturated carbocycles.